The molecule has 0 atom stereocenters. The second-order valence-electron chi connectivity index (χ2n) is 3.83. The first-order chi connectivity index (χ1) is 7.41. The first kappa shape index (κ1) is 12.6. The van der Waals surface area contributed by atoms with Crippen LogP contribution in [0.25, 0.3) is 0 Å². The molecular weight excluding hydrogens is 230 g/mol. The summed E-state index contributed by atoms with van der Waals surface area (Å²) in [5.41, 5.74) is 0.314. The van der Waals surface area contributed by atoms with Crippen molar-refractivity contribution < 1.29 is 9.72 Å². The van der Waals surface area contributed by atoms with Gasteiger partial charge in [-0.25, -0.2) is 0 Å². The van der Waals surface area contributed by atoms with Gasteiger partial charge in [-0.05, 0) is 6.07 Å². The summed E-state index contributed by atoms with van der Waals surface area (Å²) < 4.78 is 0. The SMILES string of the molecule is CC(C)C(=O)Cc1ccc(Cl)cc1[N+](=O)[O-]. The molecule has 0 spiro atoms. The fourth-order valence-corrected chi connectivity index (χ4v) is 1.41. The van der Waals surface area contributed by atoms with Gasteiger partial charge in [0.25, 0.3) is 5.69 Å². The molecule has 0 unspecified atom stereocenters. The zero-order chi connectivity index (χ0) is 12.3. The highest BCUT2D eigenvalue weighted by Gasteiger charge is 2.18. The van der Waals surface area contributed by atoms with Gasteiger partial charge in [-0.15, -0.1) is 0 Å². The van der Waals surface area contributed by atoms with Crippen LogP contribution in [0.4, 0.5) is 5.69 Å². The van der Waals surface area contributed by atoms with Gasteiger partial charge >= 0.3 is 0 Å². The number of rotatable bonds is 4. The molecule has 0 amide bonds. The monoisotopic (exact) mass is 241 g/mol. The molecule has 0 N–H and O–H groups in total. The number of nitrogens with zero attached hydrogens (tertiary/aromatic N) is 1. The van der Waals surface area contributed by atoms with Crippen molar-refractivity contribution in [3.05, 3.63) is 38.9 Å². The molecule has 1 rings (SSSR count). The van der Waals surface area contributed by atoms with Crippen LogP contribution in [0.15, 0.2) is 18.2 Å². The predicted octanol–water partition coefficient (Wildman–Crippen LogP) is 3.02. The van der Waals surface area contributed by atoms with E-state index in [1.807, 2.05) is 0 Å². The number of carbonyl (C=O) groups is 1. The lowest BCUT2D eigenvalue weighted by molar-refractivity contribution is -0.385. The van der Waals surface area contributed by atoms with Crippen molar-refractivity contribution in [3.63, 3.8) is 0 Å². The van der Waals surface area contributed by atoms with E-state index in [-0.39, 0.29) is 23.8 Å². The van der Waals surface area contributed by atoms with Crippen molar-refractivity contribution in [1.29, 1.82) is 0 Å². The van der Waals surface area contributed by atoms with E-state index < -0.39 is 4.92 Å². The van der Waals surface area contributed by atoms with Crippen molar-refractivity contribution in [2.75, 3.05) is 0 Å². The van der Waals surface area contributed by atoms with Crippen LogP contribution >= 0.6 is 11.6 Å². The molecule has 0 aliphatic rings. The summed E-state index contributed by atoms with van der Waals surface area (Å²) in [6, 6.07) is 4.35. The lowest BCUT2D eigenvalue weighted by atomic mass is 10.00. The van der Waals surface area contributed by atoms with Crippen LogP contribution in [0.1, 0.15) is 19.4 Å². The minimum atomic E-state index is -0.519. The third-order valence-corrected chi connectivity index (χ3v) is 2.49. The number of nitro benzene ring substituents is 1. The second-order valence-corrected chi connectivity index (χ2v) is 4.26. The fraction of sp³-hybridized carbons (Fsp3) is 0.364. The molecule has 1 aromatic carbocycles. The lowest BCUT2D eigenvalue weighted by Crippen LogP contribution is -2.11. The molecular formula is C11H12ClNO3. The average molecular weight is 242 g/mol. The summed E-state index contributed by atoms with van der Waals surface area (Å²) in [4.78, 5) is 21.8. The topological polar surface area (TPSA) is 60.2 Å². The minimum absolute atomic E-state index is 0.0228. The molecule has 0 aliphatic heterocycles. The van der Waals surface area contributed by atoms with Gasteiger partial charge in [0.2, 0.25) is 0 Å². The first-order valence-corrected chi connectivity index (χ1v) is 5.25. The molecule has 0 saturated carbocycles. The van der Waals surface area contributed by atoms with Crippen molar-refractivity contribution >= 4 is 23.1 Å². The van der Waals surface area contributed by atoms with Crippen LogP contribution in [0.5, 0.6) is 0 Å². The summed E-state index contributed by atoms with van der Waals surface area (Å²) in [7, 11) is 0. The Labute approximate surface area is 98.4 Å². The van der Waals surface area contributed by atoms with Crippen LogP contribution in [0.2, 0.25) is 5.02 Å². The Kier molecular flexibility index (Phi) is 4.01. The summed E-state index contributed by atoms with van der Waals surface area (Å²) in [6.45, 7) is 3.54. The maximum absolute atomic E-state index is 11.5. The van der Waals surface area contributed by atoms with E-state index in [0.717, 1.165) is 0 Å². The predicted molar refractivity (Wildman–Crippen MR) is 61.7 cm³/mol. The van der Waals surface area contributed by atoms with Gasteiger partial charge in [0, 0.05) is 29.0 Å². The van der Waals surface area contributed by atoms with Gasteiger partial charge in [-0.2, -0.15) is 0 Å². The van der Waals surface area contributed by atoms with E-state index >= 15 is 0 Å². The number of Topliss-reactive ketones (excluding diaryl/α,β-unsaturated/α-hetero) is 1. The zero-order valence-corrected chi connectivity index (χ0v) is 9.82. The van der Waals surface area contributed by atoms with Gasteiger partial charge in [0.15, 0.2) is 0 Å². The van der Waals surface area contributed by atoms with Crippen LogP contribution < -0.4 is 0 Å². The molecule has 0 bridgehead atoms. The van der Waals surface area contributed by atoms with E-state index in [9.17, 15) is 14.9 Å². The smallest absolute Gasteiger partial charge is 0.274 e. The number of hydrogen-bond acceptors (Lipinski definition) is 3. The number of hydrogen-bond donors (Lipinski definition) is 0. The molecule has 4 nitrogen and oxygen atoms in total. The Morgan fingerprint density at radius 3 is 2.62 bits per heavy atom. The Morgan fingerprint density at radius 1 is 1.50 bits per heavy atom. The Balaban J connectivity index is 3.04. The van der Waals surface area contributed by atoms with Crippen LogP contribution in [-0.4, -0.2) is 10.7 Å². The van der Waals surface area contributed by atoms with Gasteiger partial charge in [0.05, 0.1) is 4.92 Å². The Morgan fingerprint density at radius 2 is 2.12 bits per heavy atom. The summed E-state index contributed by atoms with van der Waals surface area (Å²) >= 11 is 5.67. The fourth-order valence-electron chi connectivity index (χ4n) is 1.25. The first-order valence-electron chi connectivity index (χ1n) is 4.87. The molecule has 86 valence electrons. The van der Waals surface area contributed by atoms with Gasteiger partial charge in [-0.3, -0.25) is 14.9 Å². The standard InChI is InChI=1S/C11H12ClNO3/c1-7(2)11(14)5-8-3-4-9(12)6-10(8)13(15)16/h3-4,6-7H,5H2,1-2H3. The largest absolute Gasteiger partial charge is 0.299 e. The van der Waals surface area contributed by atoms with Crippen molar-refractivity contribution in [1.82, 2.24) is 0 Å². The molecule has 0 saturated heterocycles. The second kappa shape index (κ2) is 5.07. The highest BCUT2D eigenvalue weighted by molar-refractivity contribution is 6.30. The number of carbonyl (C=O) groups excluding carboxylic acids is 1. The lowest BCUT2D eigenvalue weighted by Gasteiger charge is -2.05. The van der Waals surface area contributed by atoms with Crippen LogP contribution in [0.3, 0.4) is 0 Å². The molecule has 1 aromatic rings. The van der Waals surface area contributed by atoms with E-state index in [2.05, 4.69) is 0 Å². The Hall–Kier alpha value is -1.42. The maximum Gasteiger partial charge on any atom is 0.274 e. The van der Waals surface area contributed by atoms with E-state index in [1.54, 1.807) is 19.9 Å². The van der Waals surface area contributed by atoms with E-state index in [1.165, 1.54) is 12.1 Å². The number of benzene rings is 1. The van der Waals surface area contributed by atoms with Gasteiger partial charge in [-0.1, -0.05) is 31.5 Å². The minimum Gasteiger partial charge on any atom is -0.299 e. The number of halogens is 1. The number of nitro groups is 1. The summed E-state index contributed by atoms with van der Waals surface area (Å²) in [5.74, 6) is -0.152. The van der Waals surface area contributed by atoms with E-state index in [4.69, 9.17) is 11.6 Å². The Bertz CT molecular complexity index is 429. The van der Waals surface area contributed by atoms with Crippen molar-refractivity contribution in [2.45, 2.75) is 20.3 Å². The molecule has 0 aliphatic carbocycles. The molecule has 0 heterocycles. The molecule has 5 heteroatoms. The highest BCUT2D eigenvalue weighted by Crippen LogP contribution is 2.24. The molecule has 16 heavy (non-hydrogen) atoms. The van der Waals surface area contributed by atoms with Gasteiger partial charge < -0.3 is 0 Å². The third kappa shape index (κ3) is 3.03. The third-order valence-electron chi connectivity index (χ3n) is 2.25. The van der Waals surface area contributed by atoms with Gasteiger partial charge in [0.1, 0.15) is 5.78 Å². The molecule has 0 aromatic heterocycles. The number of ketones is 1. The van der Waals surface area contributed by atoms with Crippen molar-refractivity contribution in [3.8, 4) is 0 Å². The highest BCUT2D eigenvalue weighted by atomic mass is 35.5. The van der Waals surface area contributed by atoms with Crippen LogP contribution in [-0.2, 0) is 11.2 Å². The summed E-state index contributed by atoms with van der Waals surface area (Å²) in [5, 5.41) is 11.1. The normalized spacial score (nSPS) is 10.5. The average Bonchev–Trinajstić information content (AvgIpc) is 2.20. The zero-order valence-electron chi connectivity index (χ0n) is 9.07. The quantitative estimate of drug-likeness (QED) is 0.601. The maximum atomic E-state index is 11.5. The van der Waals surface area contributed by atoms with Crippen LogP contribution in [0, 0.1) is 16.0 Å². The summed E-state index contributed by atoms with van der Waals surface area (Å²) in [6.07, 6.45) is 0.0746. The molecule has 0 fully saturated rings. The molecule has 0 radical (unpaired) electrons. The van der Waals surface area contributed by atoms with E-state index in [0.29, 0.717) is 10.6 Å². The van der Waals surface area contributed by atoms with Crippen molar-refractivity contribution in [2.24, 2.45) is 5.92 Å².